The highest BCUT2D eigenvalue weighted by molar-refractivity contribution is 6.69. The van der Waals surface area contributed by atoms with E-state index >= 15 is 0 Å². The summed E-state index contributed by atoms with van der Waals surface area (Å²) >= 11 is 0. The van der Waals surface area contributed by atoms with Gasteiger partial charge in [0.05, 0.1) is 0 Å². The average molecular weight is 441 g/mol. The van der Waals surface area contributed by atoms with E-state index in [0.29, 0.717) is 0 Å². The third kappa shape index (κ3) is 11.1. The Morgan fingerprint density at radius 1 is 0.774 bits per heavy atom. The Morgan fingerprint density at radius 2 is 1.35 bits per heavy atom. The normalized spacial score (nSPS) is 12.8. The first-order chi connectivity index (χ1) is 14.9. The van der Waals surface area contributed by atoms with Crippen molar-refractivity contribution >= 4 is 8.32 Å². The lowest BCUT2D eigenvalue weighted by atomic mass is 10.0. The van der Waals surface area contributed by atoms with Crippen molar-refractivity contribution in [1.29, 1.82) is 0 Å². The molecule has 31 heavy (non-hydrogen) atoms. The van der Waals surface area contributed by atoms with E-state index in [0.717, 1.165) is 24.2 Å². The number of nitrogens with zero attached hydrogens (tertiary/aromatic N) is 2. The summed E-state index contributed by atoms with van der Waals surface area (Å²) in [6, 6.07) is 8.95. The minimum absolute atomic E-state index is 0.267. The van der Waals surface area contributed by atoms with Gasteiger partial charge in [-0.3, -0.25) is 0 Å². The monoisotopic (exact) mass is 440 g/mol. The van der Waals surface area contributed by atoms with Crippen LogP contribution >= 0.6 is 0 Å². The van der Waals surface area contributed by atoms with Crippen LogP contribution in [-0.2, 0) is 17.3 Å². The maximum atomic E-state index is 6.11. The van der Waals surface area contributed by atoms with Gasteiger partial charge >= 0.3 is 0 Å². The molecule has 0 aliphatic heterocycles. The molecule has 1 heterocycles. The fourth-order valence-electron chi connectivity index (χ4n) is 3.95. The summed E-state index contributed by atoms with van der Waals surface area (Å²) in [7, 11) is -1.48. The summed E-state index contributed by atoms with van der Waals surface area (Å²) < 4.78 is 6.11. The highest BCUT2D eigenvalue weighted by Gasteiger charge is 2.18. The van der Waals surface area contributed by atoms with E-state index in [1.807, 2.05) is 12.4 Å². The molecule has 0 aliphatic carbocycles. The summed E-state index contributed by atoms with van der Waals surface area (Å²) in [6.45, 7) is 11.1. The molecule has 0 spiro atoms. The van der Waals surface area contributed by atoms with E-state index in [2.05, 4.69) is 67.7 Å². The molecule has 2 rings (SSSR count). The van der Waals surface area contributed by atoms with Gasteiger partial charge in [-0.1, -0.05) is 76.1 Å². The molecule has 0 amide bonds. The quantitative estimate of drug-likeness (QED) is 0.208. The Hall–Kier alpha value is -1.52. The van der Waals surface area contributed by atoms with Crippen molar-refractivity contribution in [2.24, 2.45) is 0 Å². The Labute approximate surface area is 192 Å². The van der Waals surface area contributed by atoms with E-state index in [-0.39, 0.29) is 6.10 Å². The molecule has 0 radical (unpaired) electrons. The van der Waals surface area contributed by atoms with Gasteiger partial charge in [-0.2, -0.15) is 0 Å². The molecule has 3 nitrogen and oxygen atoms in total. The van der Waals surface area contributed by atoms with Gasteiger partial charge < -0.3 is 4.43 Å². The van der Waals surface area contributed by atoms with Crippen molar-refractivity contribution < 1.29 is 4.43 Å². The van der Waals surface area contributed by atoms with Crippen molar-refractivity contribution in [3.63, 3.8) is 0 Å². The number of aromatic nitrogens is 2. The van der Waals surface area contributed by atoms with Crippen LogP contribution in [0, 0.1) is 0 Å². The molecule has 0 saturated carbocycles. The van der Waals surface area contributed by atoms with Crippen LogP contribution in [0.5, 0.6) is 0 Å². The number of benzene rings is 1. The fourth-order valence-corrected chi connectivity index (χ4v) is 5.28. The molecule has 4 heteroatoms. The molecule has 0 bridgehead atoms. The lowest BCUT2D eigenvalue weighted by molar-refractivity contribution is 0.203. The van der Waals surface area contributed by atoms with Gasteiger partial charge in [0.1, 0.15) is 5.82 Å². The Balaban J connectivity index is 1.72. The molecular weight excluding hydrogens is 396 g/mol. The van der Waals surface area contributed by atoms with Crippen molar-refractivity contribution in [2.75, 3.05) is 0 Å². The third-order valence-electron chi connectivity index (χ3n) is 5.64. The van der Waals surface area contributed by atoms with E-state index in [1.165, 1.54) is 68.9 Å². The van der Waals surface area contributed by atoms with Crippen LogP contribution in [0.15, 0.2) is 36.7 Å². The zero-order chi connectivity index (χ0) is 22.5. The lowest BCUT2D eigenvalue weighted by Gasteiger charge is -2.23. The first-order valence-corrected chi connectivity index (χ1v) is 15.9. The van der Waals surface area contributed by atoms with Gasteiger partial charge in [0.15, 0.2) is 8.32 Å². The smallest absolute Gasteiger partial charge is 0.184 e. The summed E-state index contributed by atoms with van der Waals surface area (Å²) in [6.07, 6.45) is 18.2. The maximum Gasteiger partial charge on any atom is 0.184 e. The van der Waals surface area contributed by atoms with Gasteiger partial charge in [0, 0.05) is 30.5 Å². The second kappa shape index (κ2) is 13.8. The van der Waals surface area contributed by atoms with Crippen LogP contribution in [0.3, 0.4) is 0 Å². The van der Waals surface area contributed by atoms with Crippen LogP contribution in [0.1, 0.15) is 83.0 Å². The van der Waals surface area contributed by atoms with E-state index in [1.54, 1.807) is 0 Å². The standard InChI is InChI=1S/C27H44N2OSi/c1-6-7-8-9-10-11-12-13-14-24-16-18-25(19-17-24)26-21-28-27(29-22-26)20-15-23(2)30-31(3,4)5/h16-19,21-23H,6-15,20H2,1-5H3. The lowest BCUT2D eigenvalue weighted by Crippen LogP contribution is -2.30. The number of hydrogen-bond donors (Lipinski definition) is 0. The minimum atomic E-state index is -1.48. The third-order valence-corrected chi connectivity index (χ3v) is 6.75. The summed E-state index contributed by atoms with van der Waals surface area (Å²) in [5.74, 6) is 0.904. The highest BCUT2D eigenvalue weighted by Crippen LogP contribution is 2.20. The van der Waals surface area contributed by atoms with Crippen molar-refractivity contribution in [3.8, 4) is 11.1 Å². The Bertz CT molecular complexity index is 722. The van der Waals surface area contributed by atoms with Crippen LogP contribution < -0.4 is 0 Å². The molecule has 0 fully saturated rings. The zero-order valence-electron chi connectivity index (χ0n) is 20.6. The van der Waals surface area contributed by atoms with E-state index in [9.17, 15) is 0 Å². The van der Waals surface area contributed by atoms with Crippen molar-refractivity contribution in [1.82, 2.24) is 9.97 Å². The highest BCUT2D eigenvalue weighted by atomic mass is 28.4. The number of hydrogen-bond acceptors (Lipinski definition) is 3. The van der Waals surface area contributed by atoms with Crippen molar-refractivity contribution in [2.45, 2.75) is 110 Å². The van der Waals surface area contributed by atoms with Crippen LogP contribution in [-0.4, -0.2) is 24.4 Å². The van der Waals surface area contributed by atoms with Gasteiger partial charge in [0.25, 0.3) is 0 Å². The molecule has 1 unspecified atom stereocenters. The SMILES string of the molecule is CCCCCCCCCCc1ccc(-c2cnc(CCC(C)O[Si](C)(C)C)nc2)cc1. The molecule has 2 aromatic rings. The number of unbranched alkanes of at least 4 members (excludes halogenated alkanes) is 7. The van der Waals surface area contributed by atoms with Gasteiger partial charge in [0.2, 0.25) is 0 Å². The molecule has 0 N–H and O–H groups in total. The first kappa shape index (κ1) is 25.7. The van der Waals surface area contributed by atoms with Crippen molar-refractivity contribution in [3.05, 3.63) is 48.0 Å². The molecule has 0 saturated heterocycles. The topological polar surface area (TPSA) is 35.0 Å². The van der Waals surface area contributed by atoms with Gasteiger partial charge in [-0.05, 0) is 57.0 Å². The van der Waals surface area contributed by atoms with E-state index in [4.69, 9.17) is 4.43 Å². The Morgan fingerprint density at radius 3 is 1.94 bits per heavy atom. The maximum absolute atomic E-state index is 6.11. The molecule has 0 aliphatic rings. The predicted molar refractivity (Wildman–Crippen MR) is 136 cm³/mol. The largest absolute Gasteiger partial charge is 0.415 e. The second-order valence-corrected chi connectivity index (χ2v) is 14.3. The second-order valence-electron chi connectivity index (χ2n) is 9.89. The van der Waals surface area contributed by atoms with Crippen LogP contribution in [0.2, 0.25) is 19.6 Å². The fraction of sp³-hybridized carbons (Fsp3) is 0.630. The molecule has 172 valence electrons. The van der Waals surface area contributed by atoms with Crippen LogP contribution in [0.25, 0.3) is 11.1 Å². The first-order valence-electron chi connectivity index (χ1n) is 12.5. The van der Waals surface area contributed by atoms with E-state index < -0.39 is 8.32 Å². The minimum Gasteiger partial charge on any atom is -0.415 e. The average Bonchev–Trinajstić information content (AvgIpc) is 2.74. The number of aryl methyl sites for hydroxylation is 2. The summed E-state index contributed by atoms with van der Waals surface area (Å²) in [5.41, 5.74) is 3.72. The Kier molecular flexibility index (Phi) is 11.5. The predicted octanol–water partition coefficient (Wildman–Crippen LogP) is 8.00. The summed E-state index contributed by atoms with van der Waals surface area (Å²) in [4.78, 5) is 9.17. The molecule has 1 atom stereocenters. The van der Waals surface area contributed by atoms with Crippen LogP contribution in [0.4, 0.5) is 0 Å². The molecule has 1 aromatic carbocycles. The van der Waals surface area contributed by atoms with Gasteiger partial charge in [-0.15, -0.1) is 0 Å². The zero-order valence-corrected chi connectivity index (χ0v) is 21.6. The van der Waals surface area contributed by atoms with Gasteiger partial charge in [-0.25, -0.2) is 9.97 Å². The summed E-state index contributed by atoms with van der Waals surface area (Å²) in [5, 5.41) is 0. The molecular formula is C27H44N2OSi. The number of rotatable bonds is 15. The molecule has 1 aromatic heterocycles.